The van der Waals surface area contributed by atoms with Crippen molar-refractivity contribution in [3.8, 4) is 0 Å². The van der Waals surface area contributed by atoms with Gasteiger partial charge in [0.25, 0.3) is 0 Å². The lowest BCUT2D eigenvalue weighted by Gasteiger charge is -2.29. The van der Waals surface area contributed by atoms with Gasteiger partial charge in [-0.15, -0.1) is 0 Å². The minimum atomic E-state index is -2.45. The molecule has 7 heteroatoms. The molecule has 3 aromatic rings. The van der Waals surface area contributed by atoms with E-state index >= 15 is 0 Å². The summed E-state index contributed by atoms with van der Waals surface area (Å²) in [5, 5.41) is 10.5. The first-order chi connectivity index (χ1) is 12.0. The fraction of sp³-hybridized carbons (Fsp3) is 0.278. The highest BCUT2D eigenvalue weighted by molar-refractivity contribution is 7.80. The molecule has 0 aliphatic carbocycles. The fourth-order valence-electron chi connectivity index (χ4n) is 2.87. The molecule has 1 N–H and O–H groups in total. The van der Waals surface area contributed by atoms with Gasteiger partial charge in [-0.2, -0.15) is 0 Å². The molecule has 0 saturated heterocycles. The molecule has 25 heavy (non-hydrogen) atoms. The Morgan fingerprint density at radius 1 is 1.24 bits per heavy atom. The summed E-state index contributed by atoms with van der Waals surface area (Å²) < 4.78 is 30.4. The zero-order valence-corrected chi connectivity index (χ0v) is 14.5. The maximum absolute atomic E-state index is 11.7. The summed E-state index contributed by atoms with van der Waals surface area (Å²) in [4.78, 5) is 10.7. The Balaban J connectivity index is 1.92. The number of anilines is 1. The van der Waals surface area contributed by atoms with Crippen molar-refractivity contribution < 1.29 is 23.1 Å². The van der Waals surface area contributed by atoms with Gasteiger partial charge in [-0.3, -0.25) is 9.00 Å². The number of para-hydroxylation sites is 1. The molecule has 1 heterocycles. The number of benzene rings is 2. The lowest BCUT2D eigenvalue weighted by atomic mass is 10.1. The summed E-state index contributed by atoms with van der Waals surface area (Å²) in [6.07, 6.45) is 0.436. The average molecular weight is 360 g/mol. The van der Waals surface area contributed by atoms with Gasteiger partial charge in [-0.1, -0.05) is 25.1 Å². The molecule has 0 aliphatic heterocycles. The number of carboxylic acid groups (broad SMARTS) is 1. The van der Waals surface area contributed by atoms with E-state index in [0.29, 0.717) is 17.7 Å². The van der Waals surface area contributed by atoms with Crippen LogP contribution in [-0.4, -0.2) is 26.4 Å². The second kappa shape index (κ2) is 7.25. The Labute approximate surface area is 147 Å². The van der Waals surface area contributed by atoms with Crippen LogP contribution in [0.3, 0.4) is 0 Å². The summed E-state index contributed by atoms with van der Waals surface area (Å²) in [6, 6.07) is 12.8. The first-order valence-electron chi connectivity index (χ1n) is 7.95. The predicted octanol–water partition coefficient (Wildman–Crippen LogP) is 3.69. The van der Waals surface area contributed by atoms with E-state index < -0.39 is 17.2 Å². The number of rotatable bonds is 7. The van der Waals surface area contributed by atoms with Crippen LogP contribution in [0.1, 0.15) is 19.8 Å². The van der Waals surface area contributed by atoms with Crippen LogP contribution in [0.2, 0.25) is 0 Å². The summed E-state index contributed by atoms with van der Waals surface area (Å²) >= 11 is -2.45. The zero-order chi connectivity index (χ0) is 18.0. The quantitative estimate of drug-likeness (QED) is 0.649. The average Bonchev–Trinajstić information content (AvgIpc) is 2.95. The molecule has 0 saturated carbocycles. The van der Waals surface area contributed by atoms with Crippen molar-refractivity contribution >= 4 is 44.9 Å². The highest BCUT2D eigenvalue weighted by atomic mass is 32.2. The van der Waals surface area contributed by atoms with Gasteiger partial charge >= 0.3 is 5.97 Å². The molecule has 132 valence electrons. The smallest absolute Gasteiger partial charge is 0.303 e. The van der Waals surface area contributed by atoms with E-state index in [2.05, 4.69) is 0 Å². The Morgan fingerprint density at radius 2 is 1.96 bits per heavy atom. The Hall–Kier alpha value is -2.38. The predicted molar refractivity (Wildman–Crippen MR) is 96.0 cm³/mol. The molecule has 2 atom stereocenters. The molecule has 0 fully saturated rings. The fourth-order valence-corrected chi connectivity index (χ4v) is 3.53. The number of carboxylic acids is 1. The third-order valence-corrected chi connectivity index (χ3v) is 4.88. The SMILES string of the molecule is CC(CCC(=O)O)CN(c1ccc2oc3ccccc3c2c1)S(=O)[O-]. The molecule has 2 unspecified atom stereocenters. The largest absolute Gasteiger partial charge is 0.755 e. The van der Waals surface area contributed by atoms with Gasteiger partial charge in [0.15, 0.2) is 0 Å². The molecule has 0 aliphatic rings. The molecular weight excluding hydrogens is 342 g/mol. The summed E-state index contributed by atoms with van der Waals surface area (Å²) in [5.74, 6) is -0.960. The van der Waals surface area contributed by atoms with Crippen molar-refractivity contribution in [2.24, 2.45) is 5.92 Å². The molecule has 0 spiro atoms. The molecule has 0 amide bonds. The van der Waals surface area contributed by atoms with Crippen LogP contribution in [0.25, 0.3) is 21.9 Å². The van der Waals surface area contributed by atoms with Crippen molar-refractivity contribution in [2.75, 3.05) is 10.8 Å². The Bertz CT molecular complexity index is 936. The van der Waals surface area contributed by atoms with Crippen molar-refractivity contribution in [1.82, 2.24) is 0 Å². The number of hydrogen-bond acceptors (Lipinski definition) is 4. The van der Waals surface area contributed by atoms with E-state index in [1.165, 1.54) is 4.31 Å². The summed E-state index contributed by atoms with van der Waals surface area (Å²) in [7, 11) is 0. The Morgan fingerprint density at radius 3 is 2.68 bits per heavy atom. The van der Waals surface area contributed by atoms with Crippen LogP contribution in [0.5, 0.6) is 0 Å². The zero-order valence-electron chi connectivity index (χ0n) is 13.7. The van der Waals surface area contributed by atoms with Crippen molar-refractivity contribution in [3.05, 3.63) is 42.5 Å². The highest BCUT2D eigenvalue weighted by Crippen LogP contribution is 2.32. The van der Waals surface area contributed by atoms with Crippen LogP contribution in [0.4, 0.5) is 5.69 Å². The third kappa shape index (κ3) is 3.83. The molecule has 1 aromatic heterocycles. The highest BCUT2D eigenvalue weighted by Gasteiger charge is 2.15. The number of furan rings is 1. The van der Waals surface area contributed by atoms with Crippen LogP contribution in [0, 0.1) is 5.92 Å². The standard InChI is InChI=1S/C18H19NO5S/c1-12(6-9-18(20)21)11-19(25(22)23)13-7-8-17-15(10-13)14-4-2-3-5-16(14)24-17/h2-5,7-8,10,12H,6,9,11H2,1H3,(H,20,21)(H,22,23)/p-1. The third-order valence-electron chi connectivity index (χ3n) is 4.16. The topological polar surface area (TPSA) is 93.8 Å². The van der Waals surface area contributed by atoms with E-state index in [-0.39, 0.29) is 18.9 Å². The van der Waals surface area contributed by atoms with Gasteiger partial charge in [0, 0.05) is 40.7 Å². The molecule has 3 rings (SSSR count). The van der Waals surface area contributed by atoms with E-state index in [9.17, 15) is 13.6 Å². The van der Waals surface area contributed by atoms with Gasteiger partial charge in [0.1, 0.15) is 11.2 Å². The molecule has 2 aromatic carbocycles. The second-order valence-corrected chi connectivity index (χ2v) is 6.97. The minimum absolute atomic E-state index is 0.0197. The van der Waals surface area contributed by atoms with E-state index in [1.807, 2.05) is 31.2 Å². The number of carbonyl (C=O) groups is 1. The molecule has 0 bridgehead atoms. The lowest BCUT2D eigenvalue weighted by molar-refractivity contribution is -0.137. The van der Waals surface area contributed by atoms with Crippen LogP contribution >= 0.6 is 0 Å². The number of hydrogen-bond donors (Lipinski definition) is 1. The van der Waals surface area contributed by atoms with Gasteiger partial charge in [0.2, 0.25) is 0 Å². The van der Waals surface area contributed by atoms with Crippen molar-refractivity contribution in [1.29, 1.82) is 0 Å². The van der Waals surface area contributed by atoms with E-state index in [0.717, 1.165) is 16.4 Å². The maximum Gasteiger partial charge on any atom is 0.303 e. The number of aliphatic carboxylic acids is 1. The molecular formula is C18H18NO5S-. The van der Waals surface area contributed by atoms with E-state index in [1.54, 1.807) is 18.2 Å². The minimum Gasteiger partial charge on any atom is -0.755 e. The Kier molecular flexibility index (Phi) is 5.06. The molecule has 6 nitrogen and oxygen atoms in total. The van der Waals surface area contributed by atoms with Gasteiger partial charge in [-0.25, -0.2) is 0 Å². The van der Waals surface area contributed by atoms with Gasteiger partial charge in [0.05, 0.1) is 0 Å². The van der Waals surface area contributed by atoms with Crippen molar-refractivity contribution in [3.63, 3.8) is 0 Å². The van der Waals surface area contributed by atoms with Gasteiger partial charge < -0.3 is 18.4 Å². The number of nitrogens with zero attached hydrogens (tertiary/aromatic N) is 1. The van der Waals surface area contributed by atoms with Crippen LogP contribution < -0.4 is 4.31 Å². The van der Waals surface area contributed by atoms with Gasteiger partial charge in [-0.05, 0) is 36.6 Å². The summed E-state index contributed by atoms with van der Waals surface area (Å²) in [5.41, 5.74) is 1.98. The van der Waals surface area contributed by atoms with Crippen molar-refractivity contribution in [2.45, 2.75) is 19.8 Å². The number of fused-ring (bicyclic) bond motifs is 3. The first kappa shape index (κ1) is 17.4. The lowest BCUT2D eigenvalue weighted by Crippen LogP contribution is -2.30. The van der Waals surface area contributed by atoms with Crippen LogP contribution in [-0.2, 0) is 16.1 Å². The normalized spacial score (nSPS) is 13.8. The van der Waals surface area contributed by atoms with Crippen LogP contribution in [0.15, 0.2) is 46.9 Å². The second-order valence-electron chi connectivity index (χ2n) is 6.09. The monoisotopic (exact) mass is 360 g/mol. The first-order valence-corrected chi connectivity index (χ1v) is 8.99. The van der Waals surface area contributed by atoms with E-state index in [4.69, 9.17) is 9.52 Å². The maximum atomic E-state index is 11.7. The summed E-state index contributed by atoms with van der Waals surface area (Å²) in [6.45, 7) is 2.07. The molecule has 0 radical (unpaired) electrons.